The Hall–Kier alpha value is -4.95. The number of rotatable bonds is 8. The van der Waals surface area contributed by atoms with E-state index >= 15 is 0 Å². The van der Waals surface area contributed by atoms with Gasteiger partial charge in [-0.1, -0.05) is 48.5 Å². The van der Waals surface area contributed by atoms with Crippen molar-refractivity contribution >= 4 is 52.1 Å². The van der Waals surface area contributed by atoms with Crippen LogP contribution in [0.25, 0.3) is 17.0 Å². The molecule has 43 heavy (non-hydrogen) atoms. The second-order valence-electron chi connectivity index (χ2n) is 10.3. The molecule has 0 atom stereocenters. The number of carbonyl (C=O) groups excluding carboxylic acids is 3. The standard InChI is InChI=1S/C35H30N4O3S/c40-33(39-31-17-6-4-15-28(31)29-16-5-7-18-32(29)39)23-43-27-14-8-13-26(21-27)37-35(42)30(20-24-10-9-19-36-22-24)38-34(41)25-11-2-1-3-12-25/h1-4,6,8-15,17,19-22H,5,7,16,18,23H2,(H,37,42)(H,38,41)/b30-20-. The maximum Gasteiger partial charge on any atom is 0.272 e. The minimum atomic E-state index is -0.475. The van der Waals surface area contributed by atoms with Crippen LogP contribution in [-0.4, -0.2) is 33.0 Å². The molecule has 2 N–H and O–H groups in total. The summed E-state index contributed by atoms with van der Waals surface area (Å²) in [6.45, 7) is 0. The van der Waals surface area contributed by atoms with Gasteiger partial charge in [-0.15, -0.1) is 11.8 Å². The van der Waals surface area contributed by atoms with E-state index in [1.165, 1.54) is 22.7 Å². The zero-order valence-electron chi connectivity index (χ0n) is 23.5. The zero-order chi connectivity index (χ0) is 29.6. The molecule has 0 radical (unpaired) electrons. The number of pyridine rings is 1. The van der Waals surface area contributed by atoms with Crippen molar-refractivity contribution in [3.05, 3.63) is 131 Å². The fourth-order valence-corrected chi connectivity index (χ4v) is 6.23. The number of para-hydroxylation sites is 1. The van der Waals surface area contributed by atoms with E-state index in [-0.39, 0.29) is 17.4 Å². The van der Waals surface area contributed by atoms with Gasteiger partial charge >= 0.3 is 0 Å². The summed E-state index contributed by atoms with van der Waals surface area (Å²) in [7, 11) is 0. The van der Waals surface area contributed by atoms with Crippen molar-refractivity contribution in [3.63, 3.8) is 0 Å². The van der Waals surface area contributed by atoms with Crippen LogP contribution in [0.3, 0.4) is 0 Å². The van der Waals surface area contributed by atoms with E-state index in [4.69, 9.17) is 0 Å². The maximum absolute atomic E-state index is 13.5. The summed E-state index contributed by atoms with van der Waals surface area (Å²) in [5, 5.41) is 6.81. The first-order valence-corrected chi connectivity index (χ1v) is 15.2. The number of aryl methyl sites for hydroxylation is 1. The largest absolute Gasteiger partial charge is 0.321 e. The van der Waals surface area contributed by atoms with Gasteiger partial charge in [-0.3, -0.25) is 23.9 Å². The van der Waals surface area contributed by atoms with E-state index in [0.717, 1.165) is 41.8 Å². The van der Waals surface area contributed by atoms with Gasteiger partial charge in [0.25, 0.3) is 11.8 Å². The fourth-order valence-electron chi connectivity index (χ4n) is 5.42. The molecule has 0 bridgehead atoms. The quantitative estimate of drug-likeness (QED) is 0.155. The molecule has 0 saturated carbocycles. The van der Waals surface area contributed by atoms with E-state index in [2.05, 4.69) is 21.7 Å². The number of fused-ring (bicyclic) bond motifs is 3. The lowest BCUT2D eigenvalue weighted by molar-refractivity contribution is -0.113. The average Bonchev–Trinajstić information content (AvgIpc) is 3.39. The zero-order valence-corrected chi connectivity index (χ0v) is 24.3. The predicted octanol–water partition coefficient (Wildman–Crippen LogP) is 6.76. The summed E-state index contributed by atoms with van der Waals surface area (Å²) >= 11 is 1.43. The van der Waals surface area contributed by atoms with Gasteiger partial charge in [-0.2, -0.15) is 0 Å². The molecular weight excluding hydrogens is 556 g/mol. The molecule has 2 aromatic heterocycles. The first-order valence-electron chi connectivity index (χ1n) is 14.2. The molecule has 6 rings (SSSR count). The van der Waals surface area contributed by atoms with Gasteiger partial charge in [0.2, 0.25) is 5.91 Å². The molecule has 5 aromatic rings. The Kier molecular flexibility index (Phi) is 8.47. The predicted molar refractivity (Wildman–Crippen MR) is 171 cm³/mol. The van der Waals surface area contributed by atoms with E-state index in [1.54, 1.807) is 60.9 Å². The van der Waals surface area contributed by atoms with Gasteiger partial charge in [-0.05, 0) is 85.4 Å². The Morgan fingerprint density at radius 3 is 2.53 bits per heavy atom. The number of benzene rings is 3. The molecule has 0 unspecified atom stereocenters. The average molecular weight is 587 g/mol. The third kappa shape index (κ3) is 6.44. The van der Waals surface area contributed by atoms with E-state index in [9.17, 15) is 14.4 Å². The lowest BCUT2D eigenvalue weighted by atomic mass is 9.96. The highest BCUT2D eigenvalue weighted by Gasteiger charge is 2.23. The summed E-state index contributed by atoms with van der Waals surface area (Å²) in [6, 6.07) is 27.8. The van der Waals surface area contributed by atoms with Crippen LogP contribution in [0.15, 0.2) is 114 Å². The van der Waals surface area contributed by atoms with Crippen LogP contribution in [0.2, 0.25) is 0 Å². The smallest absolute Gasteiger partial charge is 0.272 e. The van der Waals surface area contributed by atoms with Crippen molar-refractivity contribution in [3.8, 4) is 0 Å². The fraction of sp³-hybridized carbons (Fsp3) is 0.143. The summed E-state index contributed by atoms with van der Waals surface area (Å²) in [4.78, 5) is 44.8. The van der Waals surface area contributed by atoms with Crippen molar-refractivity contribution in [2.75, 3.05) is 11.1 Å². The van der Waals surface area contributed by atoms with Gasteiger partial charge in [0.15, 0.2) is 0 Å². The molecule has 2 heterocycles. The number of hydrogen-bond acceptors (Lipinski definition) is 5. The Morgan fingerprint density at radius 2 is 1.70 bits per heavy atom. The molecule has 7 nitrogen and oxygen atoms in total. The van der Waals surface area contributed by atoms with Gasteiger partial charge in [0.1, 0.15) is 5.70 Å². The van der Waals surface area contributed by atoms with Crippen LogP contribution in [0.1, 0.15) is 44.8 Å². The SMILES string of the molecule is O=C(Nc1cccc(SCC(=O)n2c3c(c4ccccc42)CCCC3)c1)/C(=C/c1cccnc1)NC(=O)c1ccccc1. The van der Waals surface area contributed by atoms with Gasteiger partial charge in [-0.25, -0.2) is 0 Å². The number of anilines is 1. The Bertz CT molecular complexity index is 1830. The summed E-state index contributed by atoms with van der Waals surface area (Å²) < 4.78 is 1.91. The van der Waals surface area contributed by atoms with Crippen molar-refractivity contribution < 1.29 is 14.4 Å². The summed E-state index contributed by atoms with van der Waals surface area (Å²) in [6.07, 6.45) is 9.00. The van der Waals surface area contributed by atoms with Gasteiger partial charge in [0, 0.05) is 39.6 Å². The molecule has 0 fully saturated rings. The molecule has 2 amide bonds. The third-order valence-electron chi connectivity index (χ3n) is 7.41. The van der Waals surface area contributed by atoms with Crippen LogP contribution in [0.4, 0.5) is 5.69 Å². The molecule has 0 saturated heterocycles. The van der Waals surface area contributed by atoms with Crippen LogP contribution < -0.4 is 10.6 Å². The number of nitrogens with one attached hydrogen (secondary N) is 2. The van der Waals surface area contributed by atoms with Crippen molar-refractivity contribution in [1.29, 1.82) is 0 Å². The molecule has 3 aromatic carbocycles. The molecular formula is C35H30N4O3S. The number of hydrogen-bond donors (Lipinski definition) is 2. The van der Waals surface area contributed by atoms with Crippen molar-refractivity contribution in [2.45, 2.75) is 30.6 Å². The van der Waals surface area contributed by atoms with E-state index in [0.29, 0.717) is 16.8 Å². The van der Waals surface area contributed by atoms with E-state index < -0.39 is 11.8 Å². The van der Waals surface area contributed by atoms with Crippen molar-refractivity contribution in [1.82, 2.24) is 14.9 Å². The molecule has 214 valence electrons. The molecule has 1 aliphatic rings. The minimum absolute atomic E-state index is 0.0455. The maximum atomic E-state index is 13.5. The lowest BCUT2D eigenvalue weighted by Crippen LogP contribution is -2.30. The van der Waals surface area contributed by atoms with E-state index in [1.807, 2.05) is 47.0 Å². The number of nitrogens with zero attached hydrogens (tertiary/aromatic N) is 2. The Balaban J connectivity index is 1.18. The first-order chi connectivity index (χ1) is 21.1. The van der Waals surface area contributed by atoms with Gasteiger partial charge in [0.05, 0.1) is 11.3 Å². The first kappa shape index (κ1) is 28.2. The summed E-state index contributed by atoms with van der Waals surface area (Å²) in [5.74, 6) is -0.559. The second-order valence-corrected chi connectivity index (χ2v) is 11.4. The highest BCUT2D eigenvalue weighted by Crippen LogP contribution is 2.33. The number of amides is 2. The number of carbonyl (C=O) groups is 3. The number of aromatic nitrogens is 2. The minimum Gasteiger partial charge on any atom is -0.321 e. The second kappa shape index (κ2) is 12.9. The summed E-state index contributed by atoms with van der Waals surface area (Å²) in [5.41, 5.74) is 5.17. The normalized spacial score (nSPS) is 12.9. The van der Waals surface area contributed by atoms with Crippen molar-refractivity contribution in [2.24, 2.45) is 0 Å². The van der Waals surface area contributed by atoms with Crippen LogP contribution in [0, 0.1) is 0 Å². The number of thioether (sulfide) groups is 1. The monoisotopic (exact) mass is 586 g/mol. The highest BCUT2D eigenvalue weighted by molar-refractivity contribution is 8.00. The Morgan fingerprint density at radius 1 is 0.884 bits per heavy atom. The van der Waals surface area contributed by atoms with Crippen LogP contribution in [-0.2, 0) is 17.6 Å². The lowest BCUT2D eigenvalue weighted by Gasteiger charge is -2.15. The molecule has 1 aliphatic carbocycles. The Labute approximate surface area is 254 Å². The molecule has 8 heteroatoms. The van der Waals surface area contributed by atoms with Crippen LogP contribution >= 0.6 is 11.8 Å². The third-order valence-corrected chi connectivity index (χ3v) is 8.39. The van der Waals surface area contributed by atoms with Crippen LogP contribution in [0.5, 0.6) is 0 Å². The molecule has 0 spiro atoms. The van der Waals surface area contributed by atoms with Gasteiger partial charge < -0.3 is 10.6 Å². The highest BCUT2D eigenvalue weighted by atomic mass is 32.2. The topological polar surface area (TPSA) is 93.1 Å². The molecule has 0 aliphatic heterocycles.